The van der Waals surface area contributed by atoms with Crippen LogP contribution in [0.5, 0.6) is 0 Å². The first-order valence-electron chi connectivity index (χ1n) is 4.62. The molecule has 2 unspecified atom stereocenters. The molecule has 0 aromatic heterocycles. The molecule has 1 fully saturated rings. The fourth-order valence-electron chi connectivity index (χ4n) is 1.45. The van der Waals surface area contributed by atoms with Crippen LogP contribution in [0.1, 0.15) is 32.1 Å². The van der Waals surface area contributed by atoms with E-state index in [0.29, 0.717) is 12.2 Å². The molecular formula is C8H14O4S2. The summed E-state index contributed by atoms with van der Waals surface area (Å²) in [5.74, 6) is -0.253. The molecule has 82 valence electrons. The van der Waals surface area contributed by atoms with Gasteiger partial charge in [0.25, 0.3) is 0 Å². The van der Waals surface area contributed by atoms with E-state index in [2.05, 4.69) is 0 Å². The van der Waals surface area contributed by atoms with Crippen molar-refractivity contribution in [2.24, 2.45) is 0 Å². The van der Waals surface area contributed by atoms with Crippen LogP contribution in [-0.4, -0.2) is 30.5 Å². The smallest absolute Gasteiger partial charge is 0.303 e. The van der Waals surface area contributed by atoms with E-state index in [1.807, 2.05) is 0 Å². The summed E-state index contributed by atoms with van der Waals surface area (Å²) < 4.78 is 22.4. The summed E-state index contributed by atoms with van der Waals surface area (Å²) in [4.78, 5) is 10.2. The molecule has 3 atom stereocenters. The van der Waals surface area contributed by atoms with E-state index in [1.165, 1.54) is 0 Å². The quantitative estimate of drug-likeness (QED) is 0.568. The summed E-state index contributed by atoms with van der Waals surface area (Å²) in [6, 6.07) is 0. The summed E-state index contributed by atoms with van der Waals surface area (Å²) >= 11 is 0. The number of carboxylic acid groups (broad SMARTS) is 1. The van der Waals surface area contributed by atoms with Crippen LogP contribution in [-0.2, 0) is 24.5 Å². The summed E-state index contributed by atoms with van der Waals surface area (Å²) in [5.41, 5.74) is 0. The van der Waals surface area contributed by atoms with Crippen LogP contribution in [0.25, 0.3) is 0 Å². The number of carbonyl (C=O) groups is 1. The Hall–Kier alpha value is -0.230. The molecule has 0 amide bonds. The van der Waals surface area contributed by atoms with E-state index >= 15 is 0 Å². The van der Waals surface area contributed by atoms with Gasteiger partial charge in [0.2, 0.25) is 0 Å². The van der Waals surface area contributed by atoms with E-state index in [4.69, 9.17) is 5.11 Å². The normalized spacial score (nSPS) is 31.9. The molecule has 6 heteroatoms. The molecule has 14 heavy (non-hydrogen) atoms. The predicted molar refractivity (Wildman–Crippen MR) is 55.7 cm³/mol. The molecule has 0 spiro atoms. The van der Waals surface area contributed by atoms with Gasteiger partial charge in [-0.2, -0.15) is 0 Å². The van der Waals surface area contributed by atoms with Crippen LogP contribution in [0.4, 0.5) is 0 Å². The third-order valence-corrected chi connectivity index (χ3v) is 6.60. The average molecular weight is 238 g/mol. The summed E-state index contributed by atoms with van der Waals surface area (Å²) in [6.45, 7) is 0. The number of rotatable bonds is 5. The van der Waals surface area contributed by atoms with Crippen LogP contribution < -0.4 is 0 Å². The zero-order chi connectivity index (χ0) is 10.6. The van der Waals surface area contributed by atoms with E-state index in [9.17, 15) is 13.2 Å². The lowest BCUT2D eigenvalue weighted by Crippen LogP contribution is -2.09. The second-order valence-corrected chi connectivity index (χ2v) is 7.62. The zero-order valence-electron chi connectivity index (χ0n) is 7.81. The molecule has 4 nitrogen and oxygen atoms in total. The van der Waals surface area contributed by atoms with E-state index < -0.39 is 25.6 Å². The van der Waals surface area contributed by atoms with Gasteiger partial charge < -0.3 is 5.11 Å². The number of carboxylic acids is 1. The Morgan fingerprint density at radius 1 is 1.36 bits per heavy atom. The fourth-order valence-corrected chi connectivity index (χ4v) is 5.48. The van der Waals surface area contributed by atoms with Crippen LogP contribution in [0.3, 0.4) is 0 Å². The van der Waals surface area contributed by atoms with Crippen molar-refractivity contribution in [2.45, 2.75) is 37.4 Å². The molecule has 1 N–H and O–H groups in total. The van der Waals surface area contributed by atoms with Gasteiger partial charge in [-0.1, -0.05) is 6.42 Å². The van der Waals surface area contributed by atoms with Crippen molar-refractivity contribution in [2.75, 3.05) is 5.75 Å². The maximum Gasteiger partial charge on any atom is 0.303 e. The lowest BCUT2D eigenvalue weighted by atomic mass is 10.1. The minimum Gasteiger partial charge on any atom is -0.481 e. The topological polar surface area (TPSA) is 71.4 Å². The molecule has 0 radical (unpaired) electrons. The third kappa shape index (κ3) is 3.49. The number of hydrogen-bond donors (Lipinski definition) is 1. The first kappa shape index (κ1) is 11.8. The van der Waals surface area contributed by atoms with Crippen molar-refractivity contribution in [3.8, 4) is 0 Å². The first-order valence-corrected chi connectivity index (χ1v) is 7.67. The molecule has 0 saturated carbocycles. The van der Waals surface area contributed by atoms with Gasteiger partial charge in [-0.05, 0) is 19.3 Å². The lowest BCUT2D eigenvalue weighted by Gasteiger charge is -2.04. The van der Waals surface area contributed by atoms with Gasteiger partial charge >= 0.3 is 5.97 Å². The third-order valence-electron chi connectivity index (χ3n) is 2.23. The zero-order valence-corrected chi connectivity index (χ0v) is 9.44. The maximum atomic E-state index is 11.3. The Labute approximate surface area is 87.4 Å². The van der Waals surface area contributed by atoms with Gasteiger partial charge in [-0.25, -0.2) is 8.42 Å². The lowest BCUT2D eigenvalue weighted by molar-refractivity contribution is -0.137. The number of aliphatic carboxylic acids is 1. The first-order chi connectivity index (χ1) is 6.61. The van der Waals surface area contributed by atoms with Gasteiger partial charge in [0.15, 0.2) is 0 Å². The summed E-state index contributed by atoms with van der Waals surface area (Å²) in [7, 11) is -2.35. The van der Waals surface area contributed by atoms with E-state index in [0.717, 1.165) is 19.3 Å². The Morgan fingerprint density at radius 3 is 2.57 bits per heavy atom. The number of hydrogen-bond acceptors (Lipinski definition) is 3. The molecule has 1 heterocycles. The minimum atomic E-state index is -1.19. The maximum absolute atomic E-state index is 11.3. The largest absolute Gasteiger partial charge is 0.481 e. The molecule has 1 rings (SSSR count). The van der Waals surface area contributed by atoms with Crippen molar-refractivity contribution in [3.05, 3.63) is 0 Å². The van der Waals surface area contributed by atoms with Crippen molar-refractivity contribution in [1.82, 2.24) is 0 Å². The van der Waals surface area contributed by atoms with Gasteiger partial charge in [-0.15, -0.1) is 0 Å². The van der Waals surface area contributed by atoms with Gasteiger partial charge in [-0.3, -0.25) is 4.79 Å². The number of unbranched alkanes of at least 4 members (excludes halogenated alkanes) is 1. The van der Waals surface area contributed by atoms with Gasteiger partial charge in [0.1, 0.15) is 19.7 Å². The minimum absolute atomic E-state index is 0.0321. The highest BCUT2D eigenvalue weighted by molar-refractivity contribution is 8.61. The van der Waals surface area contributed by atoms with Crippen LogP contribution >= 0.6 is 0 Å². The second-order valence-electron chi connectivity index (χ2n) is 3.32. The van der Waals surface area contributed by atoms with Crippen LogP contribution in [0.15, 0.2) is 0 Å². The molecule has 1 aliphatic heterocycles. The molecule has 0 aromatic rings. The van der Waals surface area contributed by atoms with Crippen molar-refractivity contribution < 1.29 is 18.3 Å². The molecule has 1 aliphatic rings. The molecular weight excluding hydrogens is 224 g/mol. The highest BCUT2D eigenvalue weighted by atomic mass is 33.1. The van der Waals surface area contributed by atoms with Crippen molar-refractivity contribution in [1.29, 1.82) is 0 Å². The van der Waals surface area contributed by atoms with E-state index in [1.54, 1.807) is 0 Å². The molecule has 0 aliphatic carbocycles. The molecule has 1 saturated heterocycles. The highest BCUT2D eigenvalue weighted by Crippen LogP contribution is 2.22. The average Bonchev–Trinajstić information content (AvgIpc) is 2.43. The molecule has 0 bridgehead atoms. The fraction of sp³-hybridized carbons (Fsp3) is 0.875. The predicted octanol–water partition coefficient (Wildman–Crippen LogP) is 0.816. The van der Waals surface area contributed by atoms with E-state index in [-0.39, 0.29) is 11.7 Å². The van der Waals surface area contributed by atoms with Gasteiger partial charge in [0.05, 0.1) is 0 Å². The second kappa shape index (κ2) is 5.60. The Kier molecular flexibility index (Phi) is 4.74. The summed E-state index contributed by atoms with van der Waals surface area (Å²) in [6.07, 6.45) is 3.05. The Morgan fingerprint density at radius 2 is 2.07 bits per heavy atom. The van der Waals surface area contributed by atoms with Crippen LogP contribution in [0.2, 0.25) is 0 Å². The summed E-state index contributed by atoms with van der Waals surface area (Å²) in [5, 5.41) is 8.42. The van der Waals surface area contributed by atoms with Crippen molar-refractivity contribution >= 4 is 25.6 Å². The highest BCUT2D eigenvalue weighted by Gasteiger charge is 2.29. The monoisotopic (exact) mass is 238 g/mol. The Bertz CT molecular complexity index is 264. The van der Waals surface area contributed by atoms with Gasteiger partial charge in [0, 0.05) is 17.4 Å². The Balaban J connectivity index is 2.16. The van der Waals surface area contributed by atoms with Crippen LogP contribution in [0, 0.1) is 0 Å². The SMILES string of the molecule is O=C(O)CCCC[C@@H]1CCS(=O)S1=O. The molecule has 0 aromatic carbocycles. The van der Waals surface area contributed by atoms with Crippen molar-refractivity contribution in [3.63, 3.8) is 0 Å². The standard InChI is InChI=1S/C8H14O4S2/c9-8(10)4-2-1-3-7-5-6-13(11)14(7)12/h7H,1-6H2,(H,9,10)/t7-,13?,14?/m1/s1.